The predicted molar refractivity (Wildman–Crippen MR) is 89.0 cm³/mol. The summed E-state index contributed by atoms with van der Waals surface area (Å²) in [4.78, 5) is 31.2. The van der Waals surface area contributed by atoms with Crippen LogP contribution in [0, 0.1) is 13.8 Å². The Kier molecular flexibility index (Phi) is 4.17. The number of hydrogen-bond donors (Lipinski definition) is 0. The lowest BCUT2D eigenvalue weighted by Crippen LogP contribution is -2.39. The van der Waals surface area contributed by atoms with Gasteiger partial charge >= 0.3 is 5.97 Å². The fourth-order valence-corrected chi connectivity index (χ4v) is 3.57. The van der Waals surface area contributed by atoms with Crippen molar-refractivity contribution >= 4 is 28.9 Å². The van der Waals surface area contributed by atoms with Crippen LogP contribution < -0.4 is 4.90 Å². The summed E-state index contributed by atoms with van der Waals surface area (Å²) in [7, 11) is 0. The standard InChI is InChI=1S/C17H18N2O3S/c1-10-15(23-12(3)18-10)17(21)22-11(2)16(20)19-9-8-13-6-4-5-7-14(13)19/h4-7,11H,8-9H2,1-3H3. The van der Waals surface area contributed by atoms with Gasteiger partial charge in [0.05, 0.1) is 10.7 Å². The van der Waals surface area contributed by atoms with Crippen LogP contribution in [-0.2, 0) is 16.0 Å². The van der Waals surface area contributed by atoms with Gasteiger partial charge in [0.1, 0.15) is 4.88 Å². The van der Waals surface area contributed by atoms with E-state index in [0.717, 1.165) is 22.7 Å². The molecule has 2 heterocycles. The van der Waals surface area contributed by atoms with Gasteiger partial charge in [-0.1, -0.05) is 18.2 Å². The molecule has 1 aromatic heterocycles. The predicted octanol–water partition coefficient (Wildman–Crippen LogP) is 2.89. The fraction of sp³-hybridized carbons (Fsp3) is 0.353. The first kappa shape index (κ1) is 15.7. The van der Waals surface area contributed by atoms with Crippen LogP contribution in [0.25, 0.3) is 0 Å². The zero-order chi connectivity index (χ0) is 16.6. The summed E-state index contributed by atoms with van der Waals surface area (Å²) in [5, 5.41) is 0.807. The number of nitrogens with zero attached hydrogens (tertiary/aromatic N) is 2. The van der Waals surface area contributed by atoms with Crippen molar-refractivity contribution in [2.75, 3.05) is 11.4 Å². The van der Waals surface area contributed by atoms with E-state index in [-0.39, 0.29) is 5.91 Å². The quantitative estimate of drug-likeness (QED) is 0.812. The molecule has 0 aliphatic carbocycles. The zero-order valence-corrected chi connectivity index (χ0v) is 14.1. The summed E-state index contributed by atoms with van der Waals surface area (Å²) in [6, 6.07) is 7.81. The highest BCUT2D eigenvalue weighted by Gasteiger charge is 2.30. The molecule has 1 aliphatic heterocycles. The molecule has 0 N–H and O–H groups in total. The fourth-order valence-electron chi connectivity index (χ4n) is 2.77. The summed E-state index contributed by atoms with van der Waals surface area (Å²) in [6.07, 6.45) is 0.00545. The van der Waals surface area contributed by atoms with Crippen LogP contribution >= 0.6 is 11.3 Å². The van der Waals surface area contributed by atoms with Crippen molar-refractivity contribution in [3.8, 4) is 0 Å². The first-order valence-corrected chi connectivity index (χ1v) is 8.33. The number of carbonyl (C=O) groups is 2. The Morgan fingerprint density at radius 3 is 2.74 bits per heavy atom. The van der Waals surface area contributed by atoms with Gasteiger partial charge in [-0.2, -0.15) is 0 Å². The number of aromatic nitrogens is 1. The van der Waals surface area contributed by atoms with Crippen molar-refractivity contribution in [3.05, 3.63) is 45.4 Å². The third kappa shape index (κ3) is 2.99. The first-order valence-electron chi connectivity index (χ1n) is 7.51. The molecule has 5 nitrogen and oxygen atoms in total. The van der Waals surface area contributed by atoms with E-state index in [2.05, 4.69) is 4.98 Å². The lowest BCUT2D eigenvalue weighted by molar-refractivity contribution is -0.126. The SMILES string of the molecule is Cc1nc(C)c(C(=O)OC(C)C(=O)N2CCc3ccccc32)s1. The molecular formula is C17H18N2O3S. The number of aryl methyl sites for hydroxylation is 2. The van der Waals surface area contributed by atoms with E-state index >= 15 is 0 Å². The highest BCUT2D eigenvalue weighted by molar-refractivity contribution is 7.13. The van der Waals surface area contributed by atoms with E-state index < -0.39 is 12.1 Å². The maximum absolute atomic E-state index is 12.6. The third-order valence-electron chi connectivity index (χ3n) is 3.87. The van der Waals surface area contributed by atoms with Gasteiger partial charge in [-0.3, -0.25) is 4.79 Å². The van der Waals surface area contributed by atoms with Crippen molar-refractivity contribution in [2.24, 2.45) is 0 Å². The summed E-state index contributed by atoms with van der Waals surface area (Å²) in [5.74, 6) is -0.677. The van der Waals surface area contributed by atoms with Gasteiger partial charge in [-0.05, 0) is 38.8 Å². The molecule has 23 heavy (non-hydrogen) atoms. The molecule has 0 spiro atoms. The largest absolute Gasteiger partial charge is 0.448 e. The number of rotatable bonds is 3. The molecule has 1 unspecified atom stereocenters. The summed E-state index contributed by atoms with van der Waals surface area (Å²) in [5.41, 5.74) is 2.70. The molecule has 120 valence electrons. The molecule has 0 saturated heterocycles. The van der Waals surface area contributed by atoms with E-state index in [4.69, 9.17) is 4.74 Å². The molecule has 1 aromatic carbocycles. The number of carbonyl (C=O) groups excluding carboxylic acids is 2. The van der Waals surface area contributed by atoms with Crippen LogP contribution in [0.5, 0.6) is 0 Å². The molecular weight excluding hydrogens is 312 g/mol. The van der Waals surface area contributed by atoms with Crippen molar-refractivity contribution in [1.82, 2.24) is 4.98 Å². The minimum absolute atomic E-state index is 0.192. The van der Waals surface area contributed by atoms with E-state index in [1.807, 2.05) is 31.2 Å². The highest BCUT2D eigenvalue weighted by atomic mass is 32.1. The van der Waals surface area contributed by atoms with Gasteiger partial charge in [0.25, 0.3) is 5.91 Å². The Labute approximate surface area is 138 Å². The topological polar surface area (TPSA) is 59.5 Å². The van der Waals surface area contributed by atoms with Gasteiger partial charge in [-0.25, -0.2) is 9.78 Å². The Bertz CT molecular complexity index is 769. The van der Waals surface area contributed by atoms with E-state index in [0.29, 0.717) is 17.1 Å². The summed E-state index contributed by atoms with van der Waals surface area (Å²) < 4.78 is 5.36. The Morgan fingerprint density at radius 2 is 2.04 bits per heavy atom. The van der Waals surface area contributed by atoms with Crippen LogP contribution in [0.15, 0.2) is 24.3 Å². The number of fused-ring (bicyclic) bond motifs is 1. The van der Waals surface area contributed by atoms with Crippen LogP contribution in [0.4, 0.5) is 5.69 Å². The number of amides is 1. The lowest BCUT2D eigenvalue weighted by Gasteiger charge is -2.21. The zero-order valence-electron chi connectivity index (χ0n) is 13.3. The maximum atomic E-state index is 12.6. The normalized spacial score (nSPS) is 14.5. The van der Waals surface area contributed by atoms with Crippen molar-refractivity contribution < 1.29 is 14.3 Å². The molecule has 1 amide bonds. The first-order chi connectivity index (χ1) is 11.0. The van der Waals surface area contributed by atoms with Crippen molar-refractivity contribution in [2.45, 2.75) is 33.3 Å². The van der Waals surface area contributed by atoms with Crippen LogP contribution in [0.1, 0.15) is 32.9 Å². The molecule has 1 atom stereocenters. The molecule has 1 aliphatic rings. The lowest BCUT2D eigenvalue weighted by atomic mass is 10.2. The van der Waals surface area contributed by atoms with Crippen molar-refractivity contribution in [3.63, 3.8) is 0 Å². The minimum Gasteiger partial charge on any atom is -0.448 e. The molecule has 2 aromatic rings. The number of thiazole rings is 1. The Balaban J connectivity index is 1.71. The molecule has 0 fully saturated rings. The molecule has 6 heteroatoms. The van der Waals surface area contributed by atoms with Crippen molar-refractivity contribution in [1.29, 1.82) is 0 Å². The van der Waals surface area contributed by atoms with Crippen LogP contribution in [-0.4, -0.2) is 29.5 Å². The molecule has 0 saturated carbocycles. The van der Waals surface area contributed by atoms with Gasteiger partial charge in [0.15, 0.2) is 6.10 Å². The van der Waals surface area contributed by atoms with Crippen LogP contribution in [0.3, 0.4) is 0 Å². The van der Waals surface area contributed by atoms with Crippen LogP contribution in [0.2, 0.25) is 0 Å². The molecule has 0 bridgehead atoms. The molecule has 3 rings (SSSR count). The van der Waals surface area contributed by atoms with E-state index in [9.17, 15) is 9.59 Å². The minimum atomic E-state index is -0.824. The number of esters is 1. The second-order valence-corrected chi connectivity index (χ2v) is 6.77. The Hall–Kier alpha value is -2.21. The summed E-state index contributed by atoms with van der Waals surface area (Å²) >= 11 is 1.29. The third-order valence-corrected chi connectivity index (χ3v) is 4.93. The summed E-state index contributed by atoms with van der Waals surface area (Å²) in [6.45, 7) is 5.84. The number of anilines is 1. The Morgan fingerprint density at radius 1 is 1.30 bits per heavy atom. The number of ether oxygens (including phenoxy) is 1. The van der Waals surface area contributed by atoms with Gasteiger partial charge in [-0.15, -0.1) is 11.3 Å². The maximum Gasteiger partial charge on any atom is 0.351 e. The second-order valence-electron chi connectivity index (χ2n) is 5.56. The van der Waals surface area contributed by atoms with E-state index in [1.165, 1.54) is 11.3 Å². The monoisotopic (exact) mass is 330 g/mol. The number of para-hydroxylation sites is 1. The van der Waals surface area contributed by atoms with E-state index in [1.54, 1.807) is 18.7 Å². The average Bonchev–Trinajstić information content (AvgIpc) is 3.09. The number of benzene rings is 1. The smallest absolute Gasteiger partial charge is 0.351 e. The van der Waals surface area contributed by atoms with Gasteiger partial charge < -0.3 is 9.64 Å². The average molecular weight is 330 g/mol. The highest BCUT2D eigenvalue weighted by Crippen LogP contribution is 2.28. The molecule has 0 radical (unpaired) electrons. The number of hydrogen-bond acceptors (Lipinski definition) is 5. The second kappa shape index (κ2) is 6.12. The van der Waals surface area contributed by atoms with Gasteiger partial charge in [0, 0.05) is 12.2 Å². The van der Waals surface area contributed by atoms with Gasteiger partial charge in [0.2, 0.25) is 0 Å².